The highest BCUT2D eigenvalue weighted by molar-refractivity contribution is 5.95. The molecule has 0 bridgehead atoms. The van der Waals surface area contributed by atoms with Gasteiger partial charge in [0.05, 0.1) is 6.04 Å². The summed E-state index contributed by atoms with van der Waals surface area (Å²) in [5.74, 6) is 0.109. The summed E-state index contributed by atoms with van der Waals surface area (Å²) in [7, 11) is 0. The molecular formula is C18H20N2O. The normalized spacial score (nSPS) is 15.2. The first-order valence-corrected chi connectivity index (χ1v) is 7.45. The van der Waals surface area contributed by atoms with Crippen molar-refractivity contribution in [1.29, 1.82) is 0 Å². The molecule has 1 heterocycles. The number of amides is 1. The fourth-order valence-corrected chi connectivity index (χ4v) is 2.91. The van der Waals surface area contributed by atoms with Crippen molar-refractivity contribution in [3.63, 3.8) is 0 Å². The van der Waals surface area contributed by atoms with Gasteiger partial charge in [-0.3, -0.25) is 4.79 Å². The number of fused-ring (bicyclic) bond motifs is 1. The predicted octanol–water partition coefficient (Wildman–Crippen LogP) is 3.18. The van der Waals surface area contributed by atoms with Crippen molar-refractivity contribution >= 4 is 11.6 Å². The topological polar surface area (TPSA) is 55.1 Å². The molecule has 0 spiro atoms. The lowest BCUT2D eigenvalue weighted by atomic mass is 9.90. The molecule has 0 fully saturated rings. The van der Waals surface area contributed by atoms with Gasteiger partial charge in [0.2, 0.25) is 5.91 Å². The molecule has 0 aliphatic carbocycles. The number of hydrogen-bond donors (Lipinski definition) is 2. The van der Waals surface area contributed by atoms with Crippen molar-refractivity contribution < 1.29 is 4.79 Å². The van der Waals surface area contributed by atoms with Gasteiger partial charge < -0.3 is 11.1 Å². The second kappa shape index (κ2) is 5.70. The third-order valence-corrected chi connectivity index (χ3v) is 4.11. The van der Waals surface area contributed by atoms with Crippen LogP contribution < -0.4 is 11.1 Å². The van der Waals surface area contributed by atoms with E-state index in [0.29, 0.717) is 6.42 Å². The quantitative estimate of drug-likeness (QED) is 0.907. The van der Waals surface area contributed by atoms with Crippen molar-refractivity contribution in [1.82, 2.24) is 0 Å². The summed E-state index contributed by atoms with van der Waals surface area (Å²) in [5.41, 5.74) is 12.0. The smallest absolute Gasteiger partial charge is 0.224 e. The Morgan fingerprint density at radius 2 is 1.90 bits per heavy atom. The number of aryl methyl sites for hydroxylation is 2. The van der Waals surface area contributed by atoms with E-state index in [9.17, 15) is 4.79 Å². The average Bonchev–Trinajstić information content (AvgIpc) is 2.54. The Hall–Kier alpha value is -2.13. The first-order valence-electron chi connectivity index (χ1n) is 7.45. The van der Waals surface area contributed by atoms with Gasteiger partial charge in [-0.05, 0) is 35.1 Å². The summed E-state index contributed by atoms with van der Waals surface area (Å²) in [4.78, 5) is 11.6. The fraction of sp³-hybridized carbons (Fsp3) is 0.278. The van der Waals surface area contributed by atoms with E-state index >= 15 is 0 Å². The van der Waals surface area contributed by atoms with Crippen LogP contribution in [0.4, 0.5) is 5.69 Å². The van der Waals surface area contributed by atoms with Gasteiger partial charge in [0.25, 0.3) is 0 Å². The van der Waals surface area contributed by atoms with Crippen LogP contribution in [0.2, 0.25) is 0 Å². The van der Waals surface area contributed by atoms with Gasteiger partial charge in [0.15, 0.2) is 0 Å². The van der Waals surface area contributed by atoms with Crippen molar-refractivity contribution in [3.05, 3.63) is 64.7 Å². The Kier molecular flexibility index (Phi) is 3.76. The molecule has 108 valence electrons. The summed E-state index contributed by atoms with van der Waals surface area (Å²) in [5, 5.41) is 3.01. The molecule has 0 radical (unpaired) electrons. The molecule has 3 N–H and O–H groups in total. The number of carbonyl (C=O) groups excluding carboxylic acids is 1. The average molecular weight is 280 g/mol. The molecule has 1 atom stereocenters. The number of anilines is 1. The van der Waals surface area contributed by atoms with E-state index in [2.05, 4.69) is 36.5 Å². The predicted molar refractivity (Wildman–Crippen MR) is 85.2 cm³/mol. The molecule has 2 aromatic rings. The van der Waals surface area contributed by atoms with Gasteiger partial charge in [-0.25, -0.2) is 0 Å². The van der Waals surface area contributed by atoms with Gasteiger partial charge in [0.1, 0.15) is 0 Å². The summed E-state index contributed by atoms with van der Waals surface area (Å²) >= 11 is 0. The molecular weight excluding hydrogens is 260 g/mol. The summed E-state index contributed by atoms with van der Waals surface area (Å²) in [6.07, 6.45) is 2.24. The maximum Gasteiger partial charge on any atom is 0.224 e. The maximum atomic E-state index is 11.6. The minimum absolute atomic E-state index is 0.109. The molecule has 2 aromatic carbocycles. The number of benzene rings is 2. The number of nitrogens with two attached hydrogens (primary N) is 1. The minimum Gasteiger partial charge on any atom is -0.326 e. The Labute approximate surface area is 125 Å². The zero-order valence-electron chi connectivity index (χ0n) is 12.2. The van der Waals surface area contributed by atoms with E-state index in [-0.39, 0.29) is 11.9 Å². The van der Waals surface area contributed by atoms with E-state index in [1.165, 1.54) is 11.1 Å². The first kappa shape index (κ1) is 13.8. The lowest BCUT2D eigenvalue weighted by Crippen LogP contribution is -2.21. The van der Waals surface area contributed by atoms with Crippen molar-refractivity contribution in [2.45, 2.75) is 32.2 Å². The van der Waals surface area contributed by atoms with Crippen LogP contribution in [0.15, 0.2) is 42.5 Å². The molecule has 0 saturated heterocycles. The van der Waals surface area contributed by atoms with Gasteiger partial charge in [-0.2, -0.15) is 0 Å². The monoisotopic (exact) mass is 280 g/mol. The highest BCUT2D eigenvalue weighted by Crippen LogP contribution is 2.32. The summed E-state index contributed by atoms with van der Waals surface area (Å²) < 4.78 is 0. The van der Waals surface area contributed by atoms with Gasteiger partial charge in [0, 0.05) is 12.1 Å². The molecule has 3 rings (SSSR count). The molecule has 3 nitrogen and oxygen atoms in total. The highest BCUT2D eigenvalue weighted by atomic mass is 16.1. The van der Waals surface area contributed by atoms with Crippen LogP contribution in [0.5, 0.6) is 0 Å². The van der Waals surface area contributed by atoms with Crippen LogP contribution in [-0.4, -0.2) is 5.91 Å². The second-order valence-electron chi connectivity index (χ2n) is 5.50. The third-order valence-electron chi connectivity index (χ3n) is 4.11. The van der Waals surface area contributed by atoms with Crippen LogP contribution in [-0.2, 0) is 17.6 Å². The Balaban J connectivity index is 2.03. The SMILES string of the molecule is CCc1cc(C(N)c2ccccc2)cc2c1NC(=O)CC2. The molecule has 3 heteroatoms. The largest absolute Gasteiger partial charge is 0.326 e. The van der Waals surface area contributed by atoms with E-state index in [1.54, 1.807) is 0 Å². The van der Waals surface area contributed by atoms with Crippen LogP contribution in [0, 0.1) is 0 Å². The molecule has 1 amide bonds. The summed E-state index contributed by atoms with van der Waals surface area (Å²) in [6.45, 7) is 2.11. The van der Waals surface area contributed by atoms with E-state index in [1.807, 2.05) is 18.2 Å². The molecule has 1 aliphatic heterocycles. The van der Waals surface area contributed by atoms with Gasteiger partial charge in [-0.1, -0.05) is 49.4 Å². The van der Waals surface area contributed by atoms with Crippen LogP contribution in [0.3, 0.4) is 0 Å². The van der Waals surface area contributed by atoms with Crippen LogP contribution in [0.25, 0.3) is 0 Å². The number of nitrogens with one attached hydrogen (secondary N) is 1. The Morgan fingerprint density at radius 1 is 1.14 bits per heavy atom. The standard InChI is InChI=1S/C18H20N2O/c1-2-12-10-15(17(19)13-6-4-3-5-7-13)11-14-8-9-16(21)20-18(12)14/h3-7,10-11,17H,2,8-9,19H2,1H3,(H,20,21). The van der Waals surface area contributed by atoms with Gasteiger partial charge >= 0.3 is 0 Å². The molecule has 0 aromatic heterocycles. The zero-order chi connectivity index (χ0) is 14.8. The van der Waals surface area contributed by atoms with E-state index in [0.717, 1.165) is 29.7 Å². The minimum atomic E-state index is -0.126. The second-order valence-corrected chi connectivity index (χ2v) is 5.50. The highest BCUT2D eigenvalue weighted by Gasteiger charge is 2.20. The van der Waals surface area contributed by atoms with E-state index < -0.39 is 0 Å². The lowest BCUT2D eigenvalue weighted by molar-refractivity contribution is -0.116. The number of carbonyl (C=O) groups is 1. The third kappa shape index (κ3) is 2.69. The van der Waals surface area contributed by atoms with Crippen molar-refractivity contribution in [2.75, 3.05) is 5.32 Å². The molecule has 0 saturated carbocycles. The lowest BCUT2D eigenvalue weighted by Gasteiger charge is -2.23. The summed E-state index contributed by atoms with van der Waals surface area (Å²) in [6, 6.07) is 14.3. The van der Waals surface area contributed by atoms with Crippen molar-refractivity contribution in [3.8, 4) is 0 Å². The number of hydrogen-bond acceptors (Lipinski definition) is 2. The molecule has 1 unspecified atom stereocenters. The zero-order valence-corrected chi connectivity index (χ0v) is 12.2. The Bertz CT molecular complexity index is 647. The Morgan fingerprint density at radius 3 is 2.62 bits per heavy atom. The number of rotatable bonds is 3. The van der Waals surface area contributed by atoms with Gasteiger partial charge in [-0.15, -0.1) is 0 Å². The first-order chi connectivity index (χ1) is 10.2. The van der Waals surface area contributed by atoms with Crippen molar-refractivity contribution in [2.24, 2.45) is 5.73 Å². The maximum absolute atomic E-state index is 11.6. The molecule has 1 aliphatic rings. The van der Waals surface area contributed by atoms with Crippen LogP contribution >= 0.6 is 0 Å². The van der Waals surface area contributed by atoms with E-state index in [4.69, 9.17) is 5.73 Å². The van der Waals surface area contributed by atoms with Crippen LogP contribution in [0.1, 0.15) is 41.6 Å². The molecule has 21 heavy (non-hydrogen) atoms. The fourth-order valence-electron chi connectivity index (χ4n) is 2.91.